The normalized spacial score (nSPS) is 10.7. The molecular formula is C27H26O9. The zero-order valence-corrected chi connectivity index (χ0v) is 20.5. The molecule has 1 heterocycles. The van der Waals surface area contributed by atoms with Gasteiger partial charge in [-0.25, -0.2) is 0 Å². The summed E-state index contributed by atoms with van der Waals surface area (Å²) in [5.74, 6) is 0.557. The fourth-order valence-electron chi connectivity index (χ4n) is 3.92. The molecule has 0 saturated heterocycles. The first-order chi connectivity index (χ1) is 17.5. The number of rotatable bonds is 9. The fourth-order valence-corrected chi connectivity index (χ4v) is 3.92. The van der Waals surface area contributed by atoms with Crippen molar-refractivity contribution < 1.29 is 37.9 Å². The van der Waals surface area contributed by atoms with Gasteiger partial charge in [-0.1, -0.05) is 30.3 Å². The van der Waals surface area contributed by atoms with Crippen molar-refractivity contribution in [3.63, 3.8) is 0 Å². The van der Waals surface area contributed by atoms with Crippen LogP contribution in [0.5, 0.6) is 40.2 Å². The number of hydrogen-bond acceptors (Lipinski definition) is 9. The zero-order valence-electron chi connectivity index (χ0n) is 20.5. The maximum absolute atomic E-state index is 13.5. The molecule has 9 heteroatoms. The number of aromatic hydroxyl groups is 1. The Balaban J connectivity index is 1.93. The lowest BCUT2D eigenvalue weighted by Crippen LogP contribution is -2.10. The van der Waals surface area contributed by atoms with E-state index in [2.05, 4.69) is 0 Å². The van der Waals surface area contributed by atoms with Crippen LogP contribution in [-0.2, 0) is 6.61 Å². The van der Waals surface area contributed by atoms with Gasteiger partial charge in [0, 0.05) is 5.56 Å². The number of ether oxygens (including phenoxy) is 6. The van der Waals surface area contributed by atoms with E-state index in [1.54, 1.807) is 18.2 Å². The van der Waals surface area contributed by atoms with Crippen molar-refractivity contribution in [3.8, 4) is 51.6 Å². The van der Waals surface area contributed by atoms with Crippen LogP contribution >= 0.6 is 0 Å². The molecule has 0 bridgehead atoms. The average Bonchev–Trinajstić information content (AvgIpc) is 2.91. The predicted molar refractivity (Wildman–Crippen MR) is 133 cm³/mol. The highest BCUT2D eigenvalue weighted by molar-refractivity contribution is 5.96. The predicted octanol–water partition coefficient (Wildman–Crippen LogP) is 4.79. The molecule has 36 heavy (non-hydrogen) atoms. The molecule has 188 valence electrons. The van der Waals surface area contributed by atoms with Crippen LogP contribution in [0.3, 0.4) is 0 Å². The minimum absolute atomic E-state index is 0.0315. The van der Waals surface area contributed by atoms with Crippen LogP contribution < -0.4 is 33.8 Å². The van der Waals surface area contributed by atoms with Gasteiger partial charge >= 0.3 is 0 Å². The molecule has 3 aromatic carbocycles. The van der Waals surface area contributed by atoms with E-state index in [1.165, 1.54) is 35.5 Å². The second-order valence-electron chi connectivity index (χ2n) is 7.59. The van der Waals surface area contributed by atoms with Crippen molar-refractivity contribution in [2.24, 2.45) is 0 Å². The molecule has 0 amide bonds. The van der Waals surface area contributed by atoms with Gasteiger partial charge in [-0.15, -0.1) is 0 Å². The Labute approximate surface area is 207 Å². The Morgan fingerprint density at radius 2 is 1.42 bits per heavy atom. The van der Waals surface area contributed by atoms with Crippen molar-refractivity contribution in [2.45, 2.75) is 6.61 Å². The third-order valence-corrected chi connectivity index (χ3v) is 5.62. The minimum atomic E-state index is -0.618. The van der Waals surface area contributed by atoms with E-state index >= 15 is 0 Å². The molecule has 0 saturated carbocycles. The van der Waals surface area contributed by atoms with Crippen molar-refractivity contribution >= 4 is 11.0 Å². The SMILES string of the molecule is COc1ccc(-c2oc3c(OC)c(OC)c(OC)c(O)c3c(=O)c2OC)cc1OCc1ccccc1. The molecule has 0 aliphatic rings. The molecule has 0 spiro atoms. The van der Waals surface area contributed by atoms with Gasteiger partial charge in [0.15, 0.2) is 28.6 Å². The third-order valence-electron chi connectivity index (χ3n) is 5.62. The molecule has 1 N–H and O–H groups in total. The van der Waals surface area contributed by atoms with Crippen molar-refractivity contribution in [3.05, 3.63) is 64.3 Å². The topological polar surface area (TPSA) is 106 Å². The monoisotopic (exact) mass is 494 g/mol. The van der Waals surface area contributed by atoms with Gasteiger partial charge in [0.2, 0.25) is 28.4 Å². The van der Waals surface area contributed by atoms with E-state index in [9.17, 15) is 9.90 Å². The summed E-state index contributed by atoms with van der Waals surface area (Å²) in [6.07, 6.45) is 0. The molecule has 0 fully saturated rings. The molecule has 4 aromatic rings. The number of benzene rings is 3. The van der Waals surface area contributed by atoms with Crippen LogP contribution in [0.25, 0.3) is 22.3 Å². The largest absolute Gasteiger partial charge is 0.504 e. The summed E-state index contributed by atoms with van der Waals surface area (Å²) in [5.41, 5.74) is 0.802. The van der Waals surface area contributed by atoms with Gasteiger partial charge < -0.3 is 37.9 Å². The molecule has 4 rings (SSSR count). The number of fused-ring (bicyclic) bond motifs is 1. The molecule has 0 radical (unpaired) electrons. The number of phenols is 1. The maximum atomic E-state index is 13.5. The first-order valence-electron chi connectivity index (χ1n) is 10.9. The summed E-state index contributed by atoms with van der Waals surface area (Å²) >= 11 is 0. The number of hydrogen-bond donors (Lipinski definition) is 1. The highest BCUT2D eigenvalue weighted by Crippen LogP contribution is 2.51. The lowest BCUT2D eigenvalue weighted by molar-refractivity contribution is 0.284. The van der Waals surface area contributed by atoms with E-state index < -0.39 is 11.2 Å². The molecule has 1 aromatic heterocycles. The Bertz CT molecular complexity index is 1440. The van der Waals surface area contributed by atoms with Gasteiger partial charge in [0.25, 0.3) is 0 Å². The fraction of sp³-hybridized carbons (Fsp3) is 0.222. The van der Waals surface area contributed by atoms with Crippen LogP contribution in [-0.4, -0.2) is 40.7 Å². The van der Waals surface area contributed by atoms with Crippen LogP contribution in [0, 0.1) is 0 Å². The van der Waals surface area contributed by atoms with Gasteiger partial charge in [-0.3, -0.25) is 4.79 Å². The smallest absolute Gasteiger partial charge is 0.239 e. The summed E-state index contributed by atoms with van der Waals surface area (Å²) in [6.45, 7) is 0.304. The summed E-state index contributed by atoms with van der Waals surface area (Å²) in [5, 5.41) is 10.7. The Kier molecular flexibility index (Phi) is 7.10. The van der Waals surface area contributed by atoms with E-state index in [0.29, 0.717) is 23.7 Å². The standard InChI is InChI=1S/C27H26O9/c1-30-17-12-11-16(13-18(17)35-14-15-9-7-6-8-10-15)22-24(31-2)20(28)19-21(29)25(32-3)27(34-5)26(33-4)23(19)36-22/h6-13,29H,14H2,1-5H3. The lowest BCUT2D eigenvalue weighted by atomic mass is 10.1. The maximum Gasteiger partial charge on any atom is 0.239 e. The van der Waals surface area contributed by atoms with Gasteiger partial charge in [-0.05, 0) is 23.8 Å². The molecule has 0 unspecified atom stereocenters. The summed E-state index contributed by atoms with van der Waals surface area (Å²) in [7, 11) is 6.99. The molecular weight excluding hydrogens is 468 g/mol. The summed E-state index contributed by atoms with van der Waals surface area (Å²) in [6, 6.07) is 14.7. The first-order valence-corrected chi connectivity index (χ1v) is 10.9. The van der Waals surface area contributed by atoms with Crippen molar-refractivity contribution in [1.82, 2.24) is 0 Å². The van der Waals surface area contributed by atoms with Crippen LogP contribution in [0.15, 0.2) is 57.7 Å². The first kappa shape index (κ1) is 24.6. The zero-order chi connectivity index (χ0) is 25.8. The summed E-state index contributed by atoms with van der Waals surface area (Å²) in [4.78, 5) is 13.5. The Morgan fingerprint density at radius 3 is 2.03 bits per heavy atom. The van der Waals surface area contributed by atoms with Crippen molar-refractivity contribution in [1.29, 1.82) is 0 Å². The van der Waals surface area contributed by atoms with E-state index in [-0.39, 0.29) is 39.7 Å². The van der Waals surface area contributed by atoms with Crippen molar-refractivity contribution in [2.75, 3.05) is 35.5 Å². The quantitative estimate of drug-likeness (QED) is 0.352. The Hall–Kier alpha value is -4.53. The van der Waals surface area contributed by atoms with Crippen LogP contribution in [0.1, 0.15) is 5.56 Å². The van der Waals surface area contributed by atoms with Crippen LogP contribution in [0.2, 0.25) is 0 Å². The second-order valence-corrected chi connectivity index (χ2v) is 7.59. The number of phenolic OH excluding ortho intramolecular Hbond substituents is 1. The second kappa shape index (κ2) is 10.4. The highest BCUT2D eigenvalue weighted by atomic mass is 16.5. The Morgan fingerprint density at radius 1 is 0.750 bits per heavy atom. The van der Waals surface area contributed by atoms with E-state index in [1.807, 2.05) is 30.3 Å². The van der Waals surface area contributed by atoms with Crippen LogP contribution in [0.4, 0.5) is 0 Å². The highest BCUT2D eigenvalue weighted by Gasteiger charge is 2.29. The van der Waals surface area contributed by atoms with E-state index in [0.717, 1.165) is 5.56 Å². The number of methoxy groups -OCH3 is 5. The van der Waals surface area contributed by atoms with Gasteiger partial charge in [-0.2, -0.15) is 0 Å². The third kappa shape index (κ3) is 4.19. The molecule has 9 nitrogen and oxygen atoms in total. The summed E-state index contributed by atoms with van der Waals surface area (Å²) < 4.78 is 39.1. The lowest BCUT2D eigenvalue weighted by Gasteiger charge is -2.18. The average molecular weight is 494 g/mol. The van der Waals surface area contributed by atoms with Gasteiger partial charge in [0.05, 0.1) is 35.5 Å². The van der Waals surface area contributed by atoms with Gasteiger partial charge in [0.1, 0.15) is 12.0 Å². The minimum Gasteiger partial charge on any atom is -0.504 e. The molecule has 0 aliphatic carbocycles. The van der Waals surface area contributed by atoms with E-state index in [4.69, 9.17) is 32.8 Å². The molecule has 0 atom stereocenters. The molecule has 0 aliphatic heterocycles.